The molecule has 0 aromatic carbocycles. The molecule has 12 nitrogen and oxygen atoms in total. The number of anilines is 2. The first kappa shape index (κ1) is 26.1. The van der Waals surface area contributed by atoms with Crippen LogP contribution in [0.3, 0.4) is 0 Å². The first-order valence-corrected chi connectivity index (χ1v) is 12.5. The molecule has 1 saturated heterocycles. The van der Waals surface area contributed by atoms with Crippen molar-refractivity contribution in [1.29, 1.82) is 0 Å². The van der Waals surface area contributed by atoms with Crippen LogP contribution in [0.5, 0.6) is 17.2 Å². The van der Waals surface area contributed by atoms with Crippen molar-refractivity contribution in [1.82, 2.24) is 29.3 Å². The van der Waals surface area contributed by atoms with Crippen molar-refractivity contribution in [3.8, 4) is 17.2 Å². The van der Waals surface area contributed by atoms with Gasteiger partial charge in [0.2, 0.25) is 5.95 Å². The van der Waals surface area contributed by atoms with E-state index in [0.717, 1.165) is 12.1 Å². The van der Waals surface area contributed by atoms with Gasteiger partial charge in [0.15, 0.2) is 23.0 Å². The third-order valence-electron chi connectivity index (χ3n) is 6.60. The van der Waals surface area contributed by atoms with Crippen LogP contribution >= 0.6 is 0 Å². The molecule has 202 valence electrons. The van der Waals surface area contributed by atoms with Gasteiger partial charge in [0, 0.05) is 52.3 Å². The van der Waals surface area contributed by atoms with Gasteiger partial charge >= 0.3 is 0 Å². The lowest BCUT2D eigenvalue weighted by molar-refractivity contribution is -0.116. The van der Waals surface area contributed by atoms with Gasteiger partial charge in [-0.3, -0.25) is 14.5 Å². The number of carbonyl (C=O) groups excluding carboxylic acids is 1. The highest BCUT2D eigenvalue weighted by molar-refractivity contribution is 5.84. The Morgan fingerprint density at radius 2 is 2.15 bits per heavy atom. The molecule has 0 saturated carbocycles. The van der Waals surface area contributed by atoms with E-state index in [0.29, 0.717) is 59.1 Å². The largest absolute Gasteiger partial charge is 0.491 e. The standard InChI is InChI=1S/C27H30N8O4/c1-16(36)11-17-12-19(7-9-29-17)39-20-14-30-25-23(24(20)37-6)34(5)26(32-25)31-22-13-21(27(2,3)28-4)35(33-22)18-8-10-38-15-18/h7,9,12-14,18H,8,10-11,15H2,1-3,5-6H3,(H,30,31,32,33)/t18-/m1/s1. The number of rotatable bonds is 9. The molecule has 39 heavy (non-hydrogen) atoms. The summed E-state index contributed by atoms with van der Waals surface area (Å²) in [7, 11) is 3.40. The van der Waals surface area contributed by atoms with Crippen LogP contribution in [0.2, 0.25) is 0 Å². The lowest BCUT2D eigenvalue weighted by Crippen LogP contribution is -2.22. The molecule has 0 bridgehead atoms. The Morgan fingerprint density at radius 1 is 1.33 bits per heavy atom. The van der Waals surface area contributed by atoms with Gasteiger partial charge in [-0.05, 0) is 19.4 Å². The molecule has 1 aliphatic rings. The Balaban J connectivity index is 1.48. The zero-order valence-corrected chi connectivity index (χ0v) is 22.6. The normalized spacial score (nSPS) is 15.3. The van der Waals surface area contributed by atoms with E-state index in [4.69, 9.17) is 25.9 Å². The summed E-state index contributed by atoms with van der Waals surface area (Å²) in [4.78, 5) is 28.7. The van der Waals surface area contributed by atoms with E-state index in [2.05, 4.69) is 25.1 Å². The molecule has 0 aliphatic carbocycles. The quantitative estimate of drug-likeness (QED) is 0.315. The third kappa shape index (κ3) is 5.13. The number of nitrogens with one attached hydrogen (secondary N) is 1. The molecular weight excluding hydrogens is 500 g/mol. The number of Topliss-reactive ketones (excluding diaryl/α,β-unsaturated/α-hetero) is 1. The monoisotopic (exact) mass is 530 g/mol. The van der Waals surface area contributed by atoms with Crippen molar-refractivity contribution >= 4 is 28.7 Å². The minimum atomic E-state index is -0.754. The molecule has 1 atom stereocenters. The predicted octanol–water partition coefficient (Wildman–Crippen LogP) is 4.35. The lowest BCUT2D eigenvalue weighted by Gasteiger charge is -2.17. The fourth-order valence-electron chi connectivity index (χ4n) is 4.58. The summed E-state index contributed by atoms with van der Waals surface area (Å²) in [6.07, 6.45) is 4.21. The minimum Gasteiger partial charge on any atom is -0.491 e. The SMILES string of the molecule is [C-]#[N+]C(C)(C)c1cc(Nc2nc3ncc(Oc4ccnc(CC(C)=O)c4)c(OC)c3n2C)nn1[C@@H]1CCOC1. The fourth-order valence-corrected chi connectivity index (χ4v) is 4.58. The van der Waals surface area contributed by atoms with Gasteiger partial charge in [-0.1, -0.05) is 0 Å². The summed E-state index contributed by atoms with van der Waals surface area (Å²) < 4.78 is 21.1. The van der Waals surface area contributed by atoms with Crippen LogP contribution in [0.4, 0.5) is 11.8 Å². The van der Waals surface area contributed by atoms with Crippen LogP contribution in [0.25, 0.3) is 16.0 Å². The van der Waals surface area contributed by atoms with Crippen LogP contribution in [-0.4, -0.2) is 55.4 Å². The highest BCUT2D eigenvalue weighted by Crippen LogP contribution is 2.38. The van der Waals surface area contributed by atoms with Crippen LogP contribution in [0.15, 0.2) is 30.6 Å². The average Bonchev–Trinajstić information content (AvgIpc) is 3.64. The molecule has 1 fully saturated rings. The zero-order valence-electron chi connectivity index (χ0n) is 22.6. The van der Waals surface area contributed by atoms with Crippen molar-refractivity contribution in [2.75, 3.05) is 25.6 Å². The third-order valence-corrected chi connectivity index (χ3v) is 6.60. The molecule has 4 aromatic heterocycles. The number of aromatic nitrogens is 6. The van der Waals surface area contributed by atoms with E-state index in [9.17, 15) is 4.79 Å². The number of imidazole rings is 1. The van der Waals surface area contributed by atoms with Gasteiger partial charge in [0.05, 0.1) is 31.6 Å². The van der Waals surface area contributed by atoms with Crippen molar-refractivity contribution in [3.63, 3.8) is 0 Å². The van der Waals surface area contributed by atoms with Gasteiger partial charge in [0.25, 0.3) is 5.54 Å². The second-order valence-electron chi connectivity index (χ2n) is 9.96. The summed E-state index contributed by atoms with van der Waals surface area (Å²) in [5, 5.41) is 8.07. The molecule has 5 rings (SSSR count). The molecule has 5 heterocycles. The molecule has 0 spiro atoms. The Kier molecular flexibility index (Phi) is 6.93. The number of nitrogens with zero attached hydrogens (tertiary/aromatic N) is 7. The molecule has 0 amide bonds. The van der Waals surface area contributed by atoms with Crippen molar-refractivity contribution in [3.05, 3.63) is 53.4 Å². The van der Waals surface area contributed by atoms with Gasteiger partial charge in [-0.2, -0.15) is 10.1 Å². The Hall–Kier alpha value is -4.50. The molecule has 1 aliphatic heterocycles. The summed E-state index contributed by atoms with van der Waals surface area (Å²) >= 11 is 0. The number of pyridine rings is 2. The molecular formula is C27H30N8O4. The number of hydrogen-bond acceptors (Lipinski definition) is 9. The molecule has 0 unspecified atom stereocenters. The summed E-state index contributed by atoms with van der Waals surface area (Å²) in [5.74, 6) is 2.44. The first-order chi connectivity index (χ1) is 18.7. The van der Waals surface area contributed by atoms with Crippen molar-refractivity contribution < 1.29 is 19.0 Å². The minimum absolute atomic E-state index is 0.0152. The average molecular weight is 531 g/mol. The van der Waals surface area contributed by atoms with E-state index >= 15 is 0 Å². The number of hydrogen-bond donors (Lipinski definition) is 1. The van der Waals surface area contributed by atoms with E-state index in [1.165, 1.54) is 6.92 Å². The van der Waals surface area contributed by atoms with Gasteiger partial charge in [-0.15, -0.1) is 0 Å². The summed E-state index contributed by atoms with van der Waals surface area (Å²) in [6.45, 7) is 14.2. The first-order valence-electron chi connectivity index (χ1n) is 12.5. The smallest absolute Gasteiger partial charge is 0.268 e. The molecule has 4 aromatic rings. The zero-order chi connectivity index (χ0) is 27.7. The highest BCUT2D eigenvalue weighted by atomic mass is 16.5. The van der Waals surface area contributed by atoms with Crippen LogP contribution in [0.1, 0.15) is 44.6 Å². The Labute approximate surface area is 225 Å². The molecule has 1 N–H and O–H groups in total. The van der Waals surface area contributed by atoms with E-state index in [1.54, 1.807) is 31.6 Å². The Bertz CT molecular complexity index is 1580. The maximum atomic E-state index is 11.5. The Morgan fingerprint density at radius 3 is 2.85 bits per heavy atom. The second-order valence-corrected chi connectivity index (χ2v) is 9.96. The highest BCUT2D eigenvalue weighted by Gasteiger charge is 2.35. The number of methoxy groups -OCH3 is 1. The number of fused-ring (bicyclic) bond motifs is 1. The van der Waals surface area contributed by atoms with E-state index in [1.807, 2.05) is 36.2 Å². The van der Waals surface area contributed by atoms with Crippen molar-refractivity contribution in [2.24, 2.45) is 7.05 Å². The van der Waals surface area contributed by atoms with E-state index in [-0.39, 0.29) is 18.2 Å². The maximum Gasteiger partial charge on any atom is 0.268 e. The lowest BCUT2D eigenvalue weighted by atomic mass is 10.0. The van der Waals surface area contributed by atoms with Gasteiger partial charge in [0.1, 0.15) is 22.7 Å². The number of ether oxygens (including phenoxy) is 3. The second kappa shape index (κ2) is 10.3. The van der Waals surface area contributed by atoms with Gasteiger partial charge in [-0.25, -0.2) is 11.6 Å². The maximum absolute atomic E-state index is 11.5. The van der Waals surface area contributed by atoms with Gasteiger partial charge < -0.3 is 28.9 Å². The fraction of sp³-hybridized carbons (Fsp3) is 0.407. The summed E-state index contributed by atoms with van der Waals surface area (Å²) in [5.41, 5.74) is 1.75. The van der Waals surface area contributed by atoms with Crippen LogP contribution in [-0.2, 0) is 28.5 Å². The van der Waals surface area contributed by atoms with Crippen LogP contribution in [0, 0.1) is 6.57 Å². The molecule has 12 heteroatoms. The van der Waals surface area contributed by atoms with Crippen LogP contribution < -0.4 is 14.8 Å². The summed E-state index contributed by atoms with van der Waals surface area (Å²) in [6, 6.07) is 5.38. The predicted molar refractivity (Wildman–Crippen MR) is 143 cm³/mol. The molecule has 0 radical (unpaired) electrons. The topological polar surface area (TPSA) is 123 Å². The number of ketones is 1. The number of aryl methyl sites for hydroxylation is 1. The van der Waals surface area contributed by atoms with Crippen molar-refractivity contribution in [2.45, 2.75) is 45.2 Å². The number of carbonyl (C=O) groups is 1. The van der Waals surface area contributed by atoms with E-state index < -0.39 is 5.54 Å².